The maximum absolute atomic E-state index is 12.4. The predicted octanol–water partition coefficient (Wildman–Crippen LogP) is 0.843. The highest BCUT2D eigenvalue weighted by Crippen LogP contribution is 2.40. The molecule has 2 aliphatic rings. The topological polar surface area (TPSA) is 70.5 Å². The third-order valence-corrected chi connectivity index (χ3v) is 7.16. The molecule has 1 aromatic rings. The highest BCUT2D eigenvalue weighted by atomic mass is 32.2. The SMILES string of the molecule is Cc1ncc(S(=O)(=O)N2CC3CCC(O)C3C2)s1. The number of aliphatic hydroxyl groups excluding tert-OH is 1. The monoisotopic (exact) mass is 288 g/mol. The molecule has 1 N–H and O–H groups in total. The number of rotatable bonds is 2. The summed E-state index contributed by atoms with van der Waals surface area (Å²) < 4.78 is 26.6. The van der Waals surface area contributed by atoms with Gasteiger partial charge in [-0.05, 0) is 25.7 Å². The molecule has 2 fully saturated rings. The summed E-state index contributed by atoms with van der Waals surface area (Å²) in [4.78, 5) is 4.00. The first kappa shape index (κ1) is 12.5. The second-order valence-corrected chi connectivity index (χ2v) is 8.49. The molecule has 0 aromatic carbocycles. The van der Waals surface area contributed by atoms with Crippen molar-refractivity contribution in [3.05, 3.63) is 11.2 Å². The molecule has 100 valence electrons. The van der Waals surface area contributed by atoms with E-state index in [9.17, 15) is 13.5 Å². The first-order valence-electron chi connectivity index (χ1n) is 6.09. The van der Waals surface area contributed by atoms with Gasteiger partial charge >= 0.3 is 0 Å². The summed E-state index contributed by atoms with van der Waals surface area (Å²) in [6, 6.07) is 0. The fraction of sp³-hybridized carbons (Fsp3) is 0.727. The molecule has 5 nitrogen and oxygen atoms in total. The van der Waals surface area contributed by atoms with Crippen molar-refractivity contribution in [2.24, 2.45) is 11.8 Å². The van der Waals surface area contributed by atoms with Crippen molar-refractivity contribution < 1.29 is 13.5 Å². The van der Waals surface area contributed by atoms with Gasteiger partial charge in [0.25, 0.3) is 10.0 Å². The Morgan fingerprint density at radius 2 is 2.22 bits per heavy atom. The molecule has 3 unspecified atom stereocenters. The zero-order valence-corrected chi connectivity index (χ0v) is 11.7. The highest BCUT2D eigenvalue weighted by molar-refractivity contribution is 7.91. The van der Waals surface area contributed by atoms with E-state index >= 15 is 0 Å². The van der Waals surface area contributed by atoms with Gasteiger partial charge in [-0.2, -0.15) is 4.31 Å². The lowest BCUT2D eigenvalue weighted by atomic mass is 10.00. The van der Waals surface area contributed by atoms with E-state index in [0.717, 1.165) is 17.8 Å². The Morgan fingerprint density at radius 1 is 1.44 bits per heavy atom. The van der Waals surface area contributed by atoms with Gasteiger partial charge < -0.3 is 5.11 Å². The Morgan fingerprint density at radius 3 is 2.83 bits per heavy atom. The Balaban J connectivity index is 1.84. The largest absolute Gasteiger partial charge is 0.393 e. The minimum absolute atomic E-state index is 0.119. The van der Waals surface area contributed by atoms with Crippen molar-refractivity contribution in [3.63, 3.8) is 0 Å². The maximum atomic E-state index is 12.4. The van der Waals surface area contributed by atoms with Gasteiger partial charge in [-0.15, -0.1) is 11.3 Å². The highest BCUT2D eigenvalue weighted by Gasteiger charge is 2.46. The summed E-state index contributed by atoms with van der Waals surface area (Å²) >= 11 is 1.21. The average Bonchev–Trinajstić information content (AvgIpc) is 2.96. The molecule has 0 radical (unpaired) electrons. The van der Waals surface area contributed by atoms with Crippen LogP contribution in [0, 0.1) is 18.8 Å². The quantitative estimate of drug-likeness (QED) is 0.875. The van der Waals surface area contributed by atoms with Crippen molar-refractivity contribution in [3.8, 4) is 0 Å². The Bertz CT molecular complexity index is 554. The molecule has 3 atom stereocenters. The molecule has 18 heavy (non-hydrogen) atoms. The van der Waals surface area contributed by atoms with Crippen LogP contribution < -0.4 is 0 Å². The number of hydrogen-bond acceptors (Lipinski definition) is 5. The second kappa shape index (κ2) is 4.26. The molecule has 3 rings (SSSR count). The number of fused-ring (bicyclic) bond motifs is 1. The number of hydrogen-bond donors (Lipinski definition) is 1. The molecule has 0 bridgehead atoms. The van der Waals surface area contributed by atoms with Crippen molar-refractivity contribution in [2.75, 3.05) is 13.1 Å². The van der Waals surface area contributed by atoms with Gasteiger partial charge in [0.05, 0.1) is 17.3 Å². The molecule has 1 aromatic heterocycles. The summed E-state index contributed by atoms with van der Waals surface area (Å²) in [6.07, 6.45) is 2.83. The molecule has 2 heterocycles. The van der Waals surface area contributed by atoms with Crippen LogP contribution in [0.25, 0.3) is 0 Å². The molecular weight excluding hydrogens is 272 g/mol. The van der Waals surface area contributed by atoms with Crippen LogP contribution >= 0.6 is 11.3 Å². The lowest BCUT2D eigenvalue weighted by Crippen LogP contribution is -2.30. The van der Waals surface area contributed by atoms with Gasteiger partial charge in [0, 0.05) is 19.0 Å². The Hall–Kier alpha value is -0.500. The standard InChI is InChI=1S/C11H16N2O3S2/c1-7-12-4-11(17-7)18(15,16)13-5-8-2-3-10(14)9(8)6-13/h4,8-10,14H,2-3,5-6H2,1H3. The van der Waals surface area contributed by atoms with E-state index < -0.39 is 10.0 Å². The predicted molar refractivity (Wildman–Crippen MR) is 67.8 cm³/mol. The van der Waals surface area contributed by atoms with E-state index in [1.807, 2.05) is 0 Å². The van der Waals surface area contributed by atoms with E-state index in [2.05, 4.69) is 4.98 Å². The molecule has 0 amide bonds. The van der Waals surface area contributed by atoms with Crippen LogP contribution in [0.1, 0.15) is 17.8 Å². The van der Waals surface area contributed by atoms with Crippen molar-refractivity contribution in [1.29, 1.82) is 0 Å². The van der Waals surface area contributed by atoms with Gasteiger partial charge in [-0.25, -0.2) is 13.4 Å². The van der Waals surface area contributed by atoms with Gasteiger partial charge in [-0.1, -0.05) is 0 Å². The number of nitrogens with zero attached hydrogens (tertiary/aromatic N) is 2. The van der Waals surface area contributed by atoms with E-state index in [1.165, 1.54) is 21.8 Å². The molecular formula is C11H16N2O3S2. The number of aliphatic hydroxyl groups is 1. The smallest absolute Gasteiger partial charge is 0.254 e. The number of aryl methyl sites for hydroxylation is 1. The van der Waals surface area contributed by atoms with Gasteiger partial charge in [0.2, 0.25) is 0 Å². The fourth-order valence-corrected chi connectivity index (χ4v) is 5.78. The lowest BCUT2D eigenvalue weighted by Gasteiger charge is -2.16. The third-order valence-electron chi connectivity index (χ3n) is 3.98. The van der Waals surface area contributed by atoms with Crippen LogP contribution in [0.3, 0.4) is 0 Å². The minimum Gasteiger partial charge on any atom is -0.393 e. The second-order valence-electron chi connectivity index (χ2n) is 5.09. The molecule has 1 saturated carbocycles. The minimum atomic E-state index is -3.41. The molecule has 1 aliphatic heterocycles. The van der Waals surface area contributed by atoms with Crippen molar-refractivity contribution in [1.82, 2.24) is 9.29 Å². The lowest BCUT2D eigenvalue weighted by molar-refractivity contribution is 0.129. The van der Waals surface area contributed by atoms with Crippen LogP contribution in [-0.4, -0.2) is 42.0 Å². The van der Waals surface area contributed by atoms with E-state index in [4.69, 9.17) is 0 Å². The number of thiazole rings is 1. The number of aromatic nitrogens is 1. The summed E-state index contributed by atoms with van der Waals surface area (Å²) in [5.74, 6) is 0.442. The van der Waals surface area contributed by atoms with E-state index in [-0.39, 0.29) is 12.0 Å². The van der Waals surface area contributed by atoms with Crippen LogP contribution in [0.15, 0.2) is 10.4 Å². The van der Waals surface area contributed by atoms with Crippen LogP contribution in [0.2, 0.25) is 0 Å². The summed E-state index contributed by atoms with van der Waals surface area (Å²) in [5, 5.41) is 10.6. The van der Waals surface area contributed by atoms with Crippen molar-refractivity contribution in [2.45, 2.75) is 30.1 Å². The van der Waals surface area contributed by atoms with Gasteiger partial charge in [0.1, 0.15) is 0 Å². The van der Waals surface area contributed by atoms with Crippen molar-refractivity contribution >= 4 is 21.4 Å². The van der Waals surface area contributed by atoms with Crippen LogP contribution in [-0.2, 0) is 10.0 Å². The first-order valence-corrected chi connectivity index (χ1v) is 8.35. The Kier molecular flexibility index (Phi) is 2.97. The molecule has 0 spiro atoms. The fourth-order valence-electron chi connectivity index (χ4n) is 2.98. The third kappa shape index (κ3) is 1.89. The maximum Gasteiger partial charge on any atom is 0.254 e. The number of sulfonamides is 1. The molecule has 1 saturated heterocycles. The van der Waals surface area contributed by atoms with Crippen LogP contribution in [0.5, 0.6) is 0 Å². The molecule has 1 aliphatic carbocycles. The first-order chi connectivity index (χ1) is 8.48. The Labute approximate surface area is 111 Å². The van der Waals surface area contributed by atoms with Gasteiger partial charge in [-0.3, -0.25) is 0 Å². The zero-order valence-electron chi connectivity index (χ0n) is 10.1. The zero-order chi connectivity index (χ0) is 12.9. The normalized spacial score (nSPS) is 32.9. The van der Waals surface area contributed by atoms with E-state index in [0.29, 0.717) is 23.2 Å². The summed E-state index contributed by atoms with van der Waals surface area (Å²) in [7, 11) is -3.41. The average molecular weight is 288 g/mol. The summed E-state index contributed by atoms with van der Waals surface area (Å²) in [6.45, 7) is 2.79. The summed E-state index contributed by atoms with van der Waals surface area (Å²) in [5.41, 5.74) is 0. The van der Waals surface area contributed by atoms with E-state index in [1.54, 1.807) is 6.92 Å². The van der Waals surface area contributed by atoms with Gasteiger partial charge in [0.15, 0.2) is 4.21 Å². The van der Waals surface area contributed by atoms with Crippen LogP contribution in [0.4, 0.5) is 0 Å². The molecule has 7 heteroatoms.